The molecule has 1 aliphatic rings. The molecular weight excluding hydrogens is 160 g/mol. The molecule has 0 atom stereocenters. The van der Waals surface area contributed by atoms with Gasteiger partial charge in [-0.25, -0.2) is 0 Å². The van der Waals surface area contributed by atoms with Gasteiger partial charge >= 0.3 is 0 Å². The van der Waals surface area contributed by atoms with Crippen molar-refractivity contribution in [1.29, 1.82) is 0 Å². The average molecular weight is 166 g/mol. The molecule has 0 aromatic heterocycles. The lowest BCUT2D eigenvalue weighted by atomic mass is 10.0. The maximum Gasteiger partial charge on any atom is 0.226 e. The van der Waals surface area contributed by atoms with E-state index < -0.39 is 5.78 Å². The third-order valence-electron chi connectivity index (χ3n) is 1.38. The lowest BCUT2D eigenvalue weighted by Gasteiger charge is -2.04. The normalized spacial score (nSPS) is 16.0. The Morgan fingerprint density at radius 1 is 1.64 bits per heavy atom. The molecule has 3 heteroatoms. The fraction of sp³-hybridized carbons (Fsp3) is 0.125. The molecule has 0 unspecified atom stereocenters. The molecule has 0 saturated carbocycles. The van der Waals surface area contributed by atoms with Gasteiger partial charge in [0.15, 0.2) is 6.29 Å². The zero-order valence-electron chi connectivity index (χ0n) is 5.74. The molecule has 0 aliphatic heterocycles. The maximum absolute atomic E-state index is 10.8. The van der Waals surface area contributed by atoms with Crippen molar-refractivity contribution in [3.05, 3.63) is 23.8 Å². The molecule has 0 fully saturated rings. The van der Waals surface area contributed by atoms with E-state index in [1.165, 1.54) is 0 Å². The molecule has 0 bridgehead atoms. The maximum atomic E-state index is 10.8. The molecule has 0 saturated heterocycles. The molecule has 11 heavy (non-hydrogen) atoms. The van der Waals surface area contributed by atoms with Gasteiger partial charge in [0, 0.05) is 16.9 Å². The number of hydrogen-bond acceptors (Lipinski definition) is 3. The standard InChI is InChI=1S/C8H6O2S/c9-5-7(10)6-3-1-2-4-8(6)11/h1-3,5H,4H2. The summed E-state index contributed by atoms with van der Waals surface area (Å²) >= 11 is 4.87. The molecule has 0 N–H and O–H groups in total. The first-order valence-corrected chi connectivity index (χ1v) is 3.56. The fourth-order valence-electron chi connectivity index (χ4n) is 0.825. The fourth-order valence-corrected chi connectivity index (χ4v) is 1.09. The second kappa shape index (κ2) is 3.34. The smallest absolute Gasteiger partial charge is 0.226 e. The molecule has 2 nitrogen and oxygen atoms in total. The molecule has 0 radical (unpaired) electrons. The van der Waals surface area contributed by atoms with Crippen molar-refractivity contribution in [2.24, 2.45) is 0 Å². The highest BCUT2D eigenvalue weighted by Gasteiger charge is 2.13. The van der Waals surface area contributed by atoms with Crippen LogP contribution in [0.5, 0.6) is 0 Å². The van der Waals surface area contributed by atoms with Crippen LogP contribution in [0.25, 0.3) is 0 Å². The lowest BCUT2D eigenvalue weighted by Crippen LogP contribution is -2.13. The highest BCUT2D eigenvalue weighted by molar-refractivity contribution is 7.81. The molecule has 1 aliphatic carbocycles. The van der Waals surface area contributed by atoms with Crippen LogP contribution in [0.3, 0.4) is 0 Å². The number of aldehydes is 1. The van der Waals surface area contributed by atoms with E-state index in [9.17, 15) is 9.59 Å². The van der Waals surface area contributed by atoms with Gasteiger partial charge < -0.3 is 0 Å². The minimum atomic E-state index is -0.528. The summed E-state index contributed by atoms with van der Waals surface area (Å²) in [5.74, 6) is -0.528. The monoisotopic (exact) mass is 166 g/mol. The largest absolute Gasteiger partial charge is 0.294 e. The van der Waals surface area contributed by atoms with Gasteiger partial charge in [-0.15, -0.1) is 0 Å². The van der Waals surface area contributed by atoms with Crippen LogP contribution in [0.4, 0.5) is 0 Å². The Bertz CT molecular complexity index is 274. The first-order chi connectivity index (χ1) is 5.25. The Labute approximate surface area is 69.6 Å². The zero-order chi connectivity index (χ0) is 8.27. The van der Waals surface area contributed by atoms with E-state index in [4.69, 9.17) is 12.2 Å². The van der Waals surface area contributed by atoms with Crippen molar-refractivity contribution in [2.45, 2.75) is 6.42 Å². The Morgan fingerprint density at radius 2 is 2.36 bits per heavy atom. The summed E-state index contributed by atoms with van der Waals surface area (Å²) in [6.07, 6.45) is 6.02. The van der Waals surface area contributed by atoms with Gasteiger partial charge in [-0.05, 0) is 0 Å². The molecule has 56 valence electrons. The van der Waals surface area contributed by atoms with Crippen molar-refractivity contribution < 1.29 is 9.59 Å². The van der Waals surface area contributed by atoms with Crippen LogP contribution in [0.2, 0.25) is 0 Å². The molecule has 0 spiro atoms. The Hall–Kier alpha value is -1.09. The Balaban J connectivity index is 2.92. The van der Waals surface area contributed by atoms with E-state index in [1.54, 1.807) is 12.2 Å². The predicted octanol–water partition coefficient (Wildman–Crippen LogP) is 1.01. The summed E-state index contributed by atoms with van der Waals surface area (Å²) < 4.78 is 0. The lowest BCUT2D eigenvalue weighted by molar-refractivity contribution is -0.127. The molecular formula is C8H6O2S. The van der Waals surface area contributed by atoms with Crippen LogP contribution < -0.4 is 0 Å². The number of carbonyl (C=O) groups excluding carboxylic acids is 2. The number of thiocarbonyl (C=S) groups is 1. The molecule has 1 rings (SSSR count). The summed E-state index contributed by atoms with van der Waals surface area (Å²) in [5, 5.41) is 0. The van der Waals surface area contributed by atoms with Crippen molar-refractivity contribution in [2.75, 3.05) is 0 Å². The van der Waals surface area contributed by atoms with E-state index in [1.807, 2.05) is 6.08 Å². The number of allylic oxidation sites excluding steroid dienone is 4. The van der Waals surface area contributed by atoms with E-state index in [0.717, 1.165) is 0 Å². The SMILES string of the molecule is O=CC(=O)C1=CC=CCC1=S. The quantitative estimate of drug-likeness (QED) is 0.349. The van der Waals surface area contributed by atoms with Crippen LogP contribution in [-0.4, -0.2) is 16.9 Å². The van der Waals surface area contributed by atoms with Gasteiger partial charge in [0.1, 0.15) is 0 Å². The minimum absolute atomic E-state index is 0.289. The van der Waals surface area contributed by atoms with Gasteiger partial charge in [-0.1, -0.05) is 30.4 Å². The summed E-state index contributed by atoms with van der Waals surface area (Å²) in [6.45, 7) is 0. The highest BCUT2D eigenvalue weighted by Crippen LogP contribution is 2.09. The van der Waals surface area contributed by atoms with Crippen LogP contribution >= 0.6 is 12.2 Å². The van der Waals surface area contributed by atoms with E-state index in [-0.39, 0.29) is 6.29 Å². The number of ketones is 1. The van der Waals surface area contributed by atoms with E-state index in [2.05, 4.69) is 0 Å². The summed E-state index contributed by atoms with van der Waals surface area (Å²) in [7, 11) is 0. The highest BCUT2D eigenvalue weighted by atomic mass is 32.1. The van der Waals surface area contributed by atoms with Gasteiger partial charge in [0.25, 0.3) is 0 Å². The second-order valence-electron chi connectivity index (χ2n) is 2.12. The first kappa shape index (κ1) is 8.01. The Morgan fingerprint density at radius 3 is 2.91 bits per heavy atom. The number of rotatable bonds is 2. The second-order valence-corrected chi connectivity index (χ2v) is 2.61. The van der Waals surface area contributed by atoms with Crippen molar-refractivity contribution in [3.8, 4) is 0 Å². The van der Waals surface area contributed by atoms with Gasteiger partial charge in [0.2, 0.25) is 5.78 Å². The Kier molecular flexibility index (Phi) is 2.44. The van der Waals surface area contributed by atoms with Crippen LogP contribution in [0.15, 0.2) is 23.8 Å². The summed E-state index contributed by atoms with van der Waals surface area (Å²) in [6, 6.07) is 0. The third kappa shape index (κ3) is 1.68. The van der Waals surface area contributed by atoms with Crippen LogP contribution in [-0.2, 0) is 9.59 Å². The van der Waals surface area contributed by atoms with Crippen molar-refractivity contribution in [3.63, 3.8) is 0 Å². The predicted molar refractivity (Wildman–Crippen MR) is 45.5 cm³/mol. The third-order valence-corrected chi connectivity index (χ3v) is 1.76. The number of hydrogen-bond donors (Lipinski definition) is 0. The molecule has 0 aromatic rings. The summed E-state index contributed by atoms with van der Waals surface area (Å²) in [5.41, 5.74) is 0.359. The van der Waals surface area contributed by atoms with Gasteiger partial charge in [-0.2, -0.15) is 0 Å². The minimum Gasteiger partial charge on any atom is -0.294 e. The first-order valence-electron chi connectivity index (χ1n) is 3.15. The van der Waals surface area contributed by atoms with Crippen LogP contribution in [0, 0.1) is 0 Å². The van der Waals surface area contributed by atoms with Gasteiger partial charge in [0.05, 0.1) is 0 Å². The van der Waals surface area contributed by atoms with Crippen LogP contribution in [0.1, 0.15) is 6.42 Å². The zero-order valence-corrected chi connectivity index (χ0v) is 6.56. The average Bonchev–Trinajstić information content (AvgIpc) is 2.04. The van der Waals surface area contributed by atoms with E-state index >= 15 is 0 Å². The van der Waals surface area contributed by atoms with Crippen molar-refractivity contribution in [1.82, 2.24) is 0 Å². The number of carbonyl (C=O) groups is 2. The summed E-state index contributed by atoms with van der Waals surface area (Å²) in [4.78, 5) is 21.4. The van der Waals surface area contributed by atoms with E-state index in [0.29, 0.717) is 16.9 Å². The van der Waals surface area contributed by atoms with Crippen molar-refractivity contribution >= 4 is 29.2 Å². The molecule has 0 amide bonds. The molecule has 0 aromatic carbocycles. The number of Topliss-reactive ketones (excluding diaryl/α,β-unsaturated/α-hetero) is 1. The van der Waals surface area contributed by atoms with Gasteiger partial charge in [-0.3, -0.25) is 9.59 Å². The topological polar surface area (TPSA) is 34.1 Å². The molecule has 0 heterocycles.